The normalized spacial score (nSPS) is 22.4. The lowest BCUT2D eigenvalue weighted by Crippen LogP contribution is -2.36. The summed E-state index contributed by atoms with van der Waals surface area (Å²) in [4.78, 5) is 15.0. The van der Waals surface area contributed by atoms with Gasteiger partial charge in [0.15, 0.2) is 6.61 Å². The van der Waals surface area contributed by atoms with Crippen LogP contribution in [0.3, 0.4) is 0 Å². The largest absolute Gasteiger partial charge is 0.414 e. The summed E-state index contributed by atoms with van der Waals surface area (Å²) in [5.41, 5.74) is 1.70. The molecule has 0 unspecified atom stereocenters. The van der Waals surface area contributed by atoms with E-state index < -0.39 is 24.8 Å². The number of nitrogens with one attached hydrogen (secondary N) is 1. The van der Waals surface area contributed by atoms with Crippen LogP contribution in [-0.2, 0) is 14.4 Å². The minimum Gasteiger partial charge on any atom is -0.368 e. The second-order valence-corrected chi connectivity index (χ2v) is 2.87. The number of hydrogen-bond donors (Lipinski definition) is 1. The molecule has 1 N–H and O–H groups in total. The van der Waals surface area contributed by atoms with E-state index in [1.165, 1.54) is 0 Å². The molecule has 82 valence electrons. The molecule has 1 aliphatic rings. The van der Waals surface area contributed by atoms with Crippen molar-refractivity contribution < 1.29 is 27.5 Å². The van der Waals surface area contributed by atoms with E-state index in [-0.39, 0.29) is 0 Å². The van der Waals surface area contributed by atoms with Gasteiger partial charge >= 0.3 is 6.18 Å². The van der Waals surface area contributed by atoms with Crippen molar-refractivity contribution in [3.8, 4) is 0 Å². The number of halogens is 3. The number of hydroxylamine groups is 1. The summed E-state index contributed by atoms with van der Waals surface area (Å²) in [6, 6.07) is 0. The van der Waals surface area contributed by atoms with Crippen molar-refractivity contribution in [2.24, 2.45) is 0 Å². The highest BCUT2D eigenvalue weighted by Crippen LogP contribution is 2.14. The Kier molecular flexibility index (Phi) is 3.70. The zero-order valence-corrected chi connectivity index (χ0v) is 7.26. The molecule has 1 rings (SSSR count). The summed E-state index contributed by atoms with van der Waals surface area (Å²) >= 11 is 0. The molecule has 0 bridgehead atoms. The van der Waals surface area contributed by atoms with Crippen LogP contribution < -0.4 is 5.48 Å². The highest BCUT2D eigenvalue weighted by molar-refractivity contribution is 5.79. The lowest BCUT2D eigenvalue weighted by Gasteiger charge is -2.11. The van der Waals surface area contributed by atoms with Gasteiger partial charge in [0.2, 0.25) is 0 Å². The first kappa shape index (κ1) is 11.3. The van der Waals surface area contributed by atoms with Crippen molar-refractivity contribution in [2.45, 2.75) is 25.1 Å². The minimum absolute atomic E-state index is 0.456. The third-order valence-electron chi connectivity index (χ3n) is 1.63. The maximum absolute atomic E-state index is 11.6. The smallest absolute Gasteiger partial charge is 0.368 e. The number of hydrogen-bond acceptors (Lipinski definition) is 3. The molecule has 0 aliphatic carbocycles. The van der Waals surface area contributed by atoms with Crippen LogP contribution in [0.4, 0.5) is 13.2 Å². The Labute approximate surface area is 78.3 Å². The molecule has 1 aliphatic heterocycles. The predicted molar refractivity (Wildman–Crippen MR) is 39.1 cm³/mol. The Balaban J connectivity index is 2.15. The number of carbonyl (C=O) groups is 1. The van der Waals surface area contributed by atoms with Gasteiger partial charge in [-0.15, -0.1) is 0 Å². The van der Waals surface area contributed by atoms with Gasteiger partial charge in [0.1, 0.15) is 6.10 Å². The van der Waals surface area contributed by atoms with Crippen molar-refractivity contribution in [3.05, 3.63) is 0 Å². The molecule has 1 fully saturated rings. The van der Waals surface area contributed by atoms with Crippen LogP contribution in [0.2, 0.25) is 0 Å². The maximum Gasteiger partial charge on any atom is 0.414 e. The maximum atomic E-state index is 11.6. The Morgan fingerprint density at radius 2 is 2.29 bits per heavy atom. The van der Waals surface area contributed by atoms with Gasteiger partial charge in [0, 0.05) is 6.61 Å². The first-order valence-corrected chi connectivity index (χ1v) is 4.09. The van der Waals surface area contributed by atoms with E-state index in [0.29, 0.717) is 13.0 Å². The second kappa shape index (κ2) is 4.61. The lowest BCUT2D eigenvalue weighted by atomic mass is 10.2. The number of carbonyl (C=O) groups excluding carboxylic acids is 1. The molecule has 0 saturated carbocycles. The zero-order chi connectivity index (χ0) is 10.6. The Hall–Kier alpha value is -0.820. The number of alkyl halides is 3. The van der Waals surface area contributed by atoms with Gasteiger partial charge in [0.25, 0.3) is 5.91 Å². The van der Waals surface area contributed by atoms with Gasteiger partial charge in [-0.3, -0.25) is 9.63 Å². The van der Waals surface area contributed by atoms with Gasteiger partial charge in [-0.2, -0.15) is 13.2 Å². The molecular weight excluding hydrogens is 203 g/mol. The van der Waals surface area contributed by atoms with Crippen LogP contribution in [0.1, 0.15) is 12.8 Å². The first-order chi connectivity index (χ1) is 6.49. The molecule has 14 heavy (non-hydrogen) atoms. The van der Waals surface area contributed by atoms with Crippen LogP contribution in [0.15, 0.2) is 0 Å². The van der Waals surface area contributed by atoms with E-state index >= 15 is 0 Å². The number of ether oxygens (including phenoxy) is 1. The molecule has 0 radical (unpaired) electrons. The molecule has 4 nitrogen and oxygen atoms in total. The minimum atomic E-state index is -4.44. The van der Waals surface area contributed by atoms with E-state index in [2.05, 4.69) is 4.84 Å². The van der Waals surface area contributed by atoms with Gasteiger partial charge in [-0.25, -0.2) is 5.48 Å². The fraction of sp³-hybridized carbons (Fsp3) is 0.857. The van der Waals surface area contributed by atoms with Gasteiger partial charge in [0.05, 0.1) is 0 Å². The zero-order valence-electron chi connectivity index (χ0n) is 7.26. The molecule has 0 spiro atoms. The van der Waals surface area contributed by atoms with E-state index in [9.17, 15) is 18.0 Å². The van der Waals surface area contributed by atoms with Crippen molar-refractivity contribution in [1.82, 2.24) is 5.48 Å². The molecule has 1 amide bonds. The molecule has 1 atom stereocenters. The van der Waals surface area contributed by atoms with Gasteiger partial charge in [-0.05, 0) is 12.8 Å². The van der Waals surface area contributed by atoms with Crippen molar-refractivity contribution in [3.63, 3.8) is 0 Å². The van der Waals surface area contributed by atoms with Crippen molar-refractivity contribution in [2.75, 3.05) is 13.2 Å². The molecule has 0 aromatic heterocycles. The fourth-order valence-corrected chi connectivity index (χ4v) is 1.04. The first-order valence-electron chi connectivity index (χ1n) is 4.09. The topological polar surface area (TPSA) is 47.6 Å². The quantitative estimate of drug-likeness (QED) is 0.704. The average Bonchev–Trinajstić information content (AvgIpc) is 2.53. The standard InChI is InChI=1S/C7H10F3NO3/c8-7(9,10)4-14-11-6(12)5-2-1-3-13-5/h5H,1-4H2,(H,11,12)/t5-/m1/s1. The van der Waals surface area contributed by atoms with Crippen molar-refractivity contribution in [1.29, 1.82) is 0 Å². The molecule has 0 aromatic rings. The van der Waals surface area contributed by atoms with Crippen LogP contribution >= 0.6 is 0 Å². The van der Waals surface area contributed by atoms with Gasteiger partial charge in [-0.1, -0.05) is 0 Å². The van der Waals surface area contributed by atoms with E-state index in [1.807, 2.05) is 0 Å². The summed E-state index contributed by atoms with van der Waals surface area (Å²) in [6.07, 6.45) is -3.87. The Bertz CT molecular complexity index is 201. The monoisotopic (exact) mass is 213 g/mol. The lowest BCUT2D eigenvalue weighted by molar-refractivity contribution is -0.194. The Morgan fingerprint density at radius 3 is 2.79 bits per heavy atom. The molecule has 0 aromatic carbocycles. The molecular formula is C7H10F3NO3. The molecule has 1 heterocycles. The van der Waals surface area contributed by atoms with E-state index in [0.717, 1.165) is 6.42 Å². The SMILES string of the molecule is O=C(NOCC(F)(F)F)[C@H]1CCCO1. The summed E-state index contributed by atoms with van der Waals surface area (Å²) in [5.74, 6) is -0.660. The number of rotatable bonds is 3. The summed E-state index contributed by atoms with van der Waals surface area (Å²) in [6.45, 7) is -1.04. The fourth-order valence-electron chi connectivity index (χ4n) is 1.04. The molecule has 7 heteroatoms. The highest BCUT2D eigenvalue weighted by atomic mass is 19.4. The second-order valence-electron chi connectivity index (χ2n) is 2.87. The molecule has 1 saturated heterocycles. The van der Waals surface area contributed by atoms with E-state index in [1.54, 1.807) is 5.48 Å². The van der Waals surface area contributed by atoms with Crippen molar-refractivity contribution >= 4 is 5.91 Å². The highest BCUT2D eigenvalue weighted by Gasteiger charge is 2.29. The summed E-state index contributed by atoms with van der Waals surface area (Å²) < 4.78 is 39.7. The van der Waals surface area contributed by atoms with Gasteiger partial charge < -0.3 is 4.74 Å². The number of amides is 1. The van der Waals surface area contributed by atoms with Crippen LogP contribution in [0.5, 0.6) is 0 Å². The van der Waals surface area contributed by atoms with Crippen LogP contribution in [0, 0.1) is 0 Å². The summed E-state index contributed by atoms with van der Waals surface area (Å²) in [7, 11) is 0. The van der Waals surface area contributed by atoms with Crippen LogP contribution in [-0.4, -0.2) is 31.4 Å². The third-order valence-corrected chi connectivity index (χ3v) is 1.63. The van der Waals surface area contributed by atoms with Crippen LogP contribution in [0.25, 0.3) is 0 Å². The summed E-state index contributed by atoms with van der Waals surface area (Å²) in [5, 5.41) is 0. The Morgan fingerprint density at radius 1 is 1.57 bits per heavy atom. The average molecular weight is 213 g/mol. The third kappa shape index (κ3) is 3.93. The van der Waals surface area contributed by atoms with E-state index in [4.69, 9.17) is 4.74 Å². The predicted octanol–water partition coefficient (Wildman–Crippen LogP) is 0.775.